The second-order valence-corrected chi connectivity index (χ2v) is 6.21. The van der Waals surface area contributed by atoms with Crippen LogP contribution in [0, 0.1) is 0 Å². The molecule has 0 aliphatic rings. The van der Waals surface area contributed by atoms with Crippen molar-refractivity contribution < 1.29 is 10.0 Å². The zero-order valence-electron chi connectivity index (χ0n) is 14.0. The second-order valence-electron chi connectivity index (χ2n) is 6.21. The van der Waals surface area contributed by atoms with E-state index < -0.39 is 7.12 Å². The number of hydrogen-bond acceptors (Lipinski definition) is 2. The molecule has 2 rings (SSSR count). The van der Waals surface area contributed by atoms with Crippen LogP contribution < -0.4 is 5.46 Å². The molecule has 2 N–H and O–H groups in total. The van der Waals surface area contributed by atoms with Crippen molar-refractivity contribution in [3.8, 4) is 11.1 Å². The molecule has 2 aromatic rings. The van der Waals surface area contributed by atoms with Gasteiger partial charge < -0.3 is 10.0 Å². The molecule has 0 bridgehead atoms. The summed E-state index contributed by atoms with van der Waals surface area (Å²) in [5.41, 5.74) is 4.18. The summed E-state index contributed by atoms with van der Waals surface area (Å²) in [5.74, 6) is 0. The Hall–Kier alpha value is -1.58. The van der Waals surface area contributed by atoms with Crippen molar-refractivity contribution in [2.24, 2.45) is 0 Å². The van der Waals surface area contributed by atoms with Crippen LogP contribution in [0.2, 0.25) is 0 Å². The SMILES string of the molecule is CCCCCCCCc1ccc(-c2ccc(B(O)O)cc2)cc1. The fourth-order valence-electron chi connectivity index (χ4n) is 2.82. The first-order valence-electron chi connectivity index (χ1n) is 8.76. The van der Waals surface area contributed by atoms with E-state index in [2.05, 4.69) is 31.2 Å². The van der Waals surface area contributed by atoms with Crippen LogP contribution in [0.1, 0.15) is 51.0 Å². The molecule has 2 nitrogen and oxygen atoms in total. The molecule has 0 aliphatic carbocycles. The first-order chi connectivity index (χ1) is 11.2. The summed E-state index contributed by atoms with van der Waals surface area (Å²) >= 11 is 0. The van der Waals surface area contributed by atoms with Gasteiger partial charge in [0.2, 0.25) is 0 Å². The van der Waals surface area contributed by atoms with Crippen LogP contribution in [0.25, 0.3) is 11.1 Å². The Morgan fingerprint density at radius 1 is 0.696 bits per heavy atom. The molecule has 0 heterocycles. The lowest BCUT2D eigenvalue weighted by molar-refractivity contribution is 0.426. The first-order valence-corrected chi connectivity index (χ1v) is 8.76. The van der Waals surface area contributed by atoms with E-state index in [0.29, 0.717) is 5.46 Å². The Morgan fingerprint density at radius 2 is 1.22 bits per heavy atom. The number of rotatable bonds is 9. The Balaban J connectivity index is 1.84. The normalized spacial score (nSPS) is 10.7. The molecule has 0 fully saturated rings. The maximum absolute atomic E-state index is 9.13. The second kappa shape index (κ2) is 9.54. The molecule has 0 radical (unpaired) electrons. The molecular formula is C20H27BO2. The number of hydrogen-bond donors (Lipinski definition) is 2. The molecule has 122 valence electrons. The third kappa shape index (κ3) is 5.85. The van der Waals surface area contributed by atoms with Gasteiger partial charge in [0.25, 0.3) is 0 Å². The highest BCUT2D eigenvalue weighted by molar-refractivity contribution is 6.58. The highest BCUT2D eigenvalue weighted by Gasteiger charge is 2.09. The smallest absolute Gasteiger partial charge is 0.423 e. The lowest BCUT2D eigenvalue weighted by Gasteiger charge is -2.06. The van der Waals surface area contributed by atoms with Gasteiger partial charge in [0.05, 0.1) is 0 Å². The highest BCUT2D eigenvalue weighted by atomic mass is 16.4. The monoisotopic (exact) mass is 310 g/mol. The van der Waals surface area contributed by atoms with Gasteiger partial charge in [-0.2, -0.15) is 0 Å². The maximum atomic E-state index is 9.13. The summed E-state index contributed by atoms with van der Waals surface area (Å²) in [7, 11) is -1.40. The minimum atomic E-state index is -1.40. The Bertz CT molecular complexity index is 561. The van der Waals surface area contributed by atoms with E-state index in [0.717, 1.165) is 17.5 Å². The van der Waals surface area contributed by atoms with Crippen molar-refractivity contribution in [2.75, 3.05) is 0 Å². The third-order valence-corrected chi connectivity index (χ3v) is 4.32. The molecule has 0 aromatic heterocycles. The van der Waals surface area contributed by atoms with E-state index in [9.17, 15) is 0 Å². The van der Waals surface area contributed by atoms with Crippen molar-refractivity contribution in [1.82, 2.24) is 0 Å². The minimum absolute atomic E-state index is 0.522. The van der Waals surface area contributed by atoms with Crippen LogP contribution in [-0.2, 0) is 6.42 Å². The molecule has 2 aromatic carbocycles. The zero-order valence-corrected chi connectivity index (χ0v) is 14.0. The molecule has 0 unspecified atom stereocenters. The number of benzene rings is 2. The van der Waals surface area contributed by atoms with E-state index in [1.54, 1.807) is 12.1 Å². The number of unbranched alkanes of at least 4 members (excludes halogenated alkanes) is 5. The largest absolute Gasteiger partial charge is 0.488 e. The molecule has 0 amide bonds. The van der Waals surface area contributed by atoms with E-state index in [1.807, 2.05) is 12.1 Å². The van der Waals surface area contributed by atoms with Gasteiger partial charge in [0.1, 0.15) is 0 Å². The van der Waals surface area contributed by atoms with Gasteiger partial charge in [0, 0.05) is 0 Å². The first kappa shape index (κ1) is 17.8. The third-order valence-electron chi connectivity index (χ3n) is 4.32. The van der Waals surface area contributed by atoms with Crippen LogP contribution in [-0.4, -0.2) is 17.2 Å². The lowest BCUT2D eigenvalue weighted by atomic mass is 9.80. The van der Waals surface area contributed by atoms with Crippen molar-refractivity contribution in [3.63, 3.8) is 0 Å². The van der Waals surface area contributed by atoms with Crippen LogP contribution in [0.4, 0.5) is 0 Å². The van der Waals surface area contributed by atoms with Gasteiger partial charge in [-0.3, -0.25) is 0 Å². The molecule has 23 heavy (non-hydrogen) atoms. The van der Waals surface area contributed by atoms with E-state index >= 15 is 0 Å². The van der Waals surface area contributed by atoms with Gasteiger partial charge in [-0.25, -0.2) is 0 Å². The quantitative estimate of drug-likeness (QED) is 0.544. The van der Waals surface area contributed by atoms with E-state index in [4.69, 9.17) is 10.0 Å². The van der Waals surface area contributed by atoms with Crippen molar-refractivity contribution in [3.05, 3.63) is 54.1 Å². The summed E-state index contributed by atoms with van der Waals surface area (Å²) < 4.78 is 0. The topological polar surface area (TPSA) is 40.5 Å². The molecule has 0 aliphatic heterocycles. The average Bonchev–Trinajstić information content (AvgIpc) is 2.58. The van der Waals surface area contributed by atoms with E-state index in [1.165, 1.54) is 44.1 Å². The summed E-state index contributed by atoms with van der Waals surface area (Å²) in [5, 5.41) is 18.3. The maximum Gasteiger partial charge on any atom is 0.488 e. The number of aryl methyl sites for hydroxylation is 1. The summed E-state index contributed by atoms with van der Waals surface area (Å²) in [4.78, 5) is 0. The fraction of sp³-hybridized carbons (Fsp3) is 0.400. The molecule has 3 heteroatoms. The van der Waals surface area contributed by atoms with Crippen LogP contribution in [0.5, 0.6) is 0 Å². The van der Waals surface area contributed by atoms with Gasteiger partial charge in [0.15, 0.2) is 0 Å². The van der Waals surface area contributed by atoms with Crippen LogP contribution in [0.3, 0.4) is 0 Å². The van der Waals surface area contributed by atoms with Gasteiger partial charge >= 0.3 is 7.12 Å². The Labute approximate surface area is 140 Å². The van der Waals surface area contributed by atoms with Crippen LogP contribution >= 0.6 is 0 Å². The van der Waals surface area contributed by atoms with Crippen molar-refractivity contribution >= 4 is 12.6 Å². The van der Waals surface area contributed by atoms with Gasteiger partial charge in [-0.1, -0.05) is 87.6 Å². The van der Waals surface area contributed by atoms with Gasteiger partial charge in [-0.05, 0) is 35.0 Å². The molecular weight excluding hydrogens is 283 g/mol. The van der Waals surface area contributed by atoms with Gasteiger partial charge in [-0.15, -0.1) is 0 Å². The van der Waals surface area contributed by atoms with Crippen molar-refractivity contribution in [1.29, 1.82) is 0 Å². The lowest BCUT2D eigenvalue weighted by Crippen LogP contribution is -2.29. The highest BCUT2D eigenvalue weighted by Crippen LogP contribution is 2.20. The Kier molecular flexibility index (Phi) is 7.37. The predicted octanol–water partition coefficient (Wildman–Crippen LogP) is 3.94. The molecule has 0 atom stereocenters. The fourth-order valence-corrected chi connectivity index (χ4v) is 2.82. The molecule has 0 saturated carbocycles. The standard InChI is InChI=1S/C20H27BO2/c1-2-3-4-5-6-7-8-17-9-11-18(12-10-17)19-13-15-20(16-14-19)21(22)23/h9-16,22-23H,2-8H2,1H3. The zero-order chi connectivity index (χ0) is 16.5. The van der Waals surface area contributed by atoms with Crippen molar-refractivity contribution in [2.45, 2.75) is 51.9 Å². The van der Waals surface area contributed by atoms with E-state index in [-0.39, 0.29) is 0 Å². The average molecular weight is 310 g/mol. The minimum Gasteiger partial charge on any atom is -0.423 e. The summed E-state index contributed by atoms with van der Waals surface area (Å²) in [6, 6.07) is 16.1. The Morgan fingerprint density at radius 3 is 1.78 bits per heavy atom. The molecule has 0 saturated heterocycles. The summed E-state index contributed by atoms with van der Waals surface area (Å²) in [6.45, 7) is 2.25. The summed E-state index contributed by atoms with van der Waals surface area (Å²) in [6.07, 6.45) is 9.14. The molecule has 0 spiro atoms. The van der Waals surface area contributed by atoms with Crippen LogP contribution in [0.15, 0.2) is 48.5 Å². The predicted molar refractivity (Wildman–Crippen MR) is 98.8 cm³/mol.